The average molecular weight is 311 g/mol. The molecule has 116 valence electrons. The van der Waals surface area contributed by atoms with Crippen molar-refractivity contribution in [1.82, 2.24) is 5.32 Å². The molecule has 0 aliphatic carbocycles. The van der Waals surface area contributed by atoms with Gasteiger partial charge in [-0.1, -0.05) is 0 Å². The number of anilines is 2. The van der Waals surface area contributed by atoms with E-state index in [-0.39, 0.29) is 5.91 Å². The maximum atomic E-state index is 12.3. The fourth-order valence-corrected chi connectivity index (χ4v) is 2.92. The maximum absolute atomic E-state index is 12.3. The molecule has 1 aliphatic heterocycles. The largest absolute Gasteiger partial charge is 0.324 e. The number of hydrogen-bond donors (Lipinski definition) is 3. The Morgan fingerprint density at radius 2 is 1.81 bits per heavy atom. The molecule has 1 fully saturated rings. The molecule has 2 rings (SSSR count). The lowest BCUT2D eigenvalue weighted by Gasteiger charge is -2.33. The quantitative estimate of drug-likeness (QED) is 0.787. The molecular formula is C14H21N3O3S. The van der Waals surface area contributed by atoms with Gasteiger partial charge in [0.15, 0.2) is 0 Å². The maximum Gasteiger partial charge on any atom is 0.244 e. The van der Waals surface area contributed by atoms with E-state index in [0.717, 1.165) is 32.1 Å². The van der Waals surface area contributed by atoms with Gasteiger partial charge in [-0.3, -0.25) is 9.52 Å². The van der Waals surface area contributed by atoms with Gasteiger partial charge in [-0.25, -0.2) is 8.42 Å². The van der Waals surface area contributed by atoms with Crippen molar-refractivity contribution in [2.75, 3.05) is 22.8 Å². The molecule has 3 N–H and O–H groups in total. The Morgan fingerprint density at radius 3 is 2.33 bits per heavy atom. The minimum absolute atomic E-state index is 0.0639. The second kappa shape index (κ2) is 6.03. The molecule has 1 aromatic rings. The third-order valence-electron chi connectivity index (χ3n) is 3.57. The highest BCUT2D eigenvalue weighted by atomic mass is 32.2. The van der Waals surface area contributed by atoms with Gasteiger partial charge in [0, 0.05) is 11.4 Å². The van der Waals surface area contributed by atoms with E-state index in [0.29, 0.717) is 11.4 Å². The predicted octanol–water partition coefficient (Wildman–Crippen LogP) is 1.53. The Labute approximate surface area is 125 Å². The molecule has 1 saturated heterocycles. The summed E-state index contributed by atoms with van der Waals surface area (Å²) < 4.78 is 24.6. The highest BCUT2D eigenvalue weighted by Gasteiger charge is 2.34. The van der Waals surface area contributed by atoms with Crippen LogP contribution in [0.3, 0.4) is 0 Å². The molecule has 1 amide bonds. The number of piperidine rings is 1. The van der Waals surface area contributed by atoms with Crippen LogP contribution in [0.1, 0.15) is 26.2 Å². The molecule has 6 nitrogen and oxygen atoms in total. The summed E-state index contributed by atoms with van der Waals surface area (Å²) in [5.41, 5.74) is 0.576. The van der Waals surface area contributed by atoms with Gasteiger partial charge in [0.05, 0.1) is 11.8 Å². The van der Waals surface area contributed by atoms with Crippen molar-refractivity contribution in [3.63, 3.8) is 0 Å². The zero-order valence-corrected chi connectivity index (χ0v) is 13.1. The van der Waals surface area contributed by atoms with Crippen LogP contribution in [0.2, 0.25) is 0 Å². The molecule has 0 radical (unpaired) electrons. The van der Waals surface area contributed by atoms with E-state index in [4.69, 9.17) is 0 Å². The van der Waals surface area contributed by atoms with Crippen LogP contribution >= 0.6 is 0 Å². The van der Waals surface area contributed by atoms with Crippen LogP contribution in [0.25, 0.3) is 0 Å². The second-order valence-electron chi connectivity index (χ2n) is 5.62. The van der Waals surface area contributed by atoms with E-state index in [2.05, 4.69) is 15.4 Å². The highest BCUT2D eigenvalue weighted by molar-refractivity contribution is 7.92. The molecule has 21 heavy (non-hydrogen) atoms. The topological polar surface area (TPSA) is 87.3 Å². The fraction of sp³-hybridized carbons (Fsp3) is 0.500. The summed E-state index contributed by atoms with van der Waals surface area (Å²) in [6, 6.07) is 6.59. The molecule has 0 saturated carbocycles. The zero-order chi connectivity index (χ0) is 15.5. The first-order valence-electron chi connectivity index (χ1n) is 6.93. The molecule has 7 heteroatoms. The van der Waals surface area contributed by atoms with Crippen molar-refractivity contribution in [3.8, 4) is 0 Å². The van der Waals surface area contributed by atoms with Gasteiger partial charge in [-0.05, 0) is 57.0 Å². The SMILES string of the molecule is CC1(C(=O)Nc2ccc(NS(C)(=O)=O)cc2)CCCCN1. The normalized spacial score (nSPS) is 22.6. The predicted molar refractivity (Wildman–Crippen MR) is 83.8 cm³/mol. The summed E-state index contributed by atoms with van der Waals surface area (Å²) in [5, 5.41) is 6.12. The van der Waals surface area contributed by atoms with Crippen molar-refractivity contribution < 1.29 is 13.2 Å². The third kappa shape index (κ3) is 4.44. The summed E-state index contributed by atoms with van der Waals surface area (Å²) in [6.45, 7) is 2.75. The fourth-order valence-electron chi connectivity index (χ4n) is 2.35. The Balaban J connectivity index is 2.01. The van der Waals surface area contributed by atoms with Crippen LogP contribution in [-0.4, -0.2) is 32.7 Å². The van der Waals surface area contributed by atoms with Crippen LogP contribution in [0.15, 0.2) is 24.3 Å². The smallest absolute Gasteiger partial charge is 0.244 e. The lowest BCUT2D eigenvalue weighted by molar-refractivity contribution is -0.122. The van der Waals surface area contributed by atoms with Gasteiger partial charge >= 0.3 is 0 Å². The van der Waals surface area contributed by atoms with Gasteiger partial charge in [0.1, 0.15) is 0 Å². The first-order valence-corrected chi connectivity index (χ1v) is 8.82. The summed E-state index contributed by atoms with van der Waals surface area (Å²) in [4.78, 5) is 12.3. The number of hydrogen-bond acceptors (Lipinski definition) is 4. The summed E-state index contributed by atoms with van der Waals surface area (Å²) in [7, 11) is -3.29. The second-order valence-corrected chi connectivity index (χ2v) is 7.37. The van der Waals surface area contributed by atoms with E-state index in [1.54, 1.807) is 24.3 Å². The number of rotatable bonds is 4. The average Bonchev–Trinajstić information content (AvgIpc) is 2.40. The van der Waals surface area contributed by atoms with E-state index >= 15 is 0 Å². The first kappa shape index (κ1) is 15.8. The molecule has 1 heterocycles. The molecule has 1 unspecified atom stereocenters. The summed E-state index contributed by atoms with van der Waals surface area (Å²) in [6.07, 6.45) is 4.04. The Kier molecular flexibility index (Phi) is 4.53. The molecular weight excluding hydrogens is 290 g/mol. The van der Waals surface area contributed by atoms with Crippen LogP contribution in [-0.2, 0) is 14.8 Å². The molecule has 1 aliphatic rings. The van der Waals surface area contributed by atoms with Crippen LogP contribution in [0, 0.1) is 0 Å². The van der Waals surface area contributed by atoms with Gasteiger partial charge in [-0.15, -0.1) is 0 Å². The number of carbonyl (C=O) groups excluding carboxylic acids is 1. The minimum Gasteiger partial charge on any atom is -0.324 e. The minimum atomic E-state index is -3.29. The number of nitrogens with one attached hydrogen (secondary N) is 3. The van der Waals surface area contributed by atoms with Crippen molar-refractivity contribution in [2.45, 2.75) is 31.7 Å². The first-order chi connectivity index (χ1) is 9.78. The number of sulfonamides is 1. The zero-order valence-electron chi connectivity index (χ0n) is 12.3. The van der Waals surface area contributed by atoms with E-state index in [1.807, 2.05) is 6.92 Å². The molecule has 1 aromatic carbocycles. The Hall–Kier alpha value is -1.60. The Bertz CT molecular complexity index is 605. The monoisotopic (exact) mass is 311 g/mol. The van der Waals surface area contributed by atoms with Gasteiger partial charge < -0.3 is 10.6 Å². The molecule has 0 spiro atoms. The van der Waals surface area contributed by atoms with Crippen molar-refractivity contribution in [2.24, 2.45) is 0 Å². The lowest BCUT2D eigenvalue weighted by Crippen LogP contribution is -2.54. The number of carbonyl (C=O) groups is 1. The number of benzene rings is 1. The summed E-state index contributed by atoms with van der Waals surface area (Å²) in [5.74, 6) is -0.0639. The molecule has 0 aromatic heterocycles. The van der Waals surface area contributed by atoms with Crippen molar-refractivity contribution in [1.29, 1.82) is 0 Å². The van der Waals surface area contributed by atoms with Gasteiger partial charge in [0.25, 0.3) is 0 Å². The third-order valence-corrected chi connectivity index (χ3v) is 4.17. The lowest BCUT2D eigenvalue weighted by atomic mass is 9.90. The molecule has 1 atom stereocenters. The van der Waals surface area contributed by atoms with Crippen molar-refractivity contribution in [3.05, 3.63) is 24.3 Å². The van der Waals surface area contributed by atoms with Crippen LogP contribution in [0.4, 0.5) is 11.4 Å². The van der Waals surface area contributed by atoms with Crippen molar-refractivity contribution >= 4 is 27.3 Å². The van der Waals surface area contributed by atoms with Gasteiger partial charge in [0.2, 0.25) is 15.9 Å². The van der Waals surface area contributed by atoms with E-state index in [9.17, 15) is 13.2 Å². The highest BCUT2D eigenvalue weighted by Crippen LogP contribution is 2.21. The number of amides is 1. The van der Waals surface area contributed by atoms with Crippen LogP contribution in [0.5, 0.6) is 0 Å². The van der Waals surface area contributed by atoms with Crippen LogP contribution < -0.4 is 15.4 Å². The van der Waals surface area contributed by atoms with E-state index < -0.39 is 15.6 Å². The summed E-state index contributed by atoms with van der Waals surface area (Å²) >= 11 is 0. The van der Waals surface area contributed by atoms with E-state index in [1.165, 1.54) is 0 Å². The Morgan fingerprint density at radius 1 is 1.19 bits per heavy atom. The standard InChI is InChI=1S/C14H21N3O3S/c1-14(9-3-4-10-15-14)13(18)16-11-5-7-12(8-6-11)17-21(2,19)20/h5-8,15,17H,3-4,9-10H2,1-2H3,(H,16,18). The van der Waals surface area contributed by atoms with Gasteiger partial charge in [-0.2, -0.15) is 0 Å². The molecule has 0 bridgehead atoms.